The van der Waals surface area contributed by atoms with Gasteiger partial charge in [-0.25, -0.2) is 0 Å². The summed E-state index contributed by atoms with van der Waals surface area (Å²) >= 11 is 0. The van der Waals surface area contributed by atoms with Crippen LogP contribution in [-0.4, -0.2) is 50.3 Å². The van der Waals surface area contributed by atoms with Crippen molar-refractivity contribution in [2.45, 2.75) is 44.6 Å². The highest BCUT2D eigenvalue weighted by atomic mass is 16.5. The topological polar surface area (TPSA) is 62.6 Å². The highest BCUT2D eigenvalue weighted by Crippen LogP contribution is 2.49. The molecule has 1 atom stereocenters. The Balaban J connectivity index is 1.85. The summed E-state index contributed by atoms with van der Waals surface area (Å²) in [7, 11) is 1.42. The summed E-state index contributed by atoms with van der Waals surface area (Å²) < 4.78 is 10.4. The lowest BCUT2D eigenvalue weighted by Gasteiger charge is -2.28. The average molecular weight is 280 g/mol. The zero-order valence-corrected chi connectivity index (χ0v) is 12.3. The monoisotopic (exact) mass is 280 g/mol. The maximum Gasteiger partial charge on any atom is 0.306 e. The number of hydrogen-bond donors (Lipinski definition) is 0. The molecule has 2 rings (SSSR count). The molecule has 2 fully saturated rings. The van der Waals surface area contributed by atoms with E-state index in [1.807, 2.05) is 0 Å². The maximum absolute atomic E-state index is 11.3. The summed E-state index contributed by atoms with van der Waals surface area (Å²) in [4.78, 5) is 13.6. The van der Waals surface area contributed by atoms with Crippen molar-refractivity contribution >= 4 is 5.97 Å². The molecule has 20 heavy (non-hydrogen) atoms. The van der Waals surface area contributed by atoms with Crippen molar-refractivity contribution in [3.8, 4) is 6.07 Å². The van der Waals surface area contributed by atoms with Gasteiger partial charge in [-0.2, -0.15) is 5.26 Å². The fourth-order valence-electron chi connectivity index (χ4n) is 2.87. The Bertz CT molecular complexity index is 368. The molecule has 0 aromatic carbocycles. The highest BCUT2D eigenvalue weighted by Gasteiger charge is 2.43. The van der Waals surface area contributed by atoms with Crippen molar-refractivity contribution < 1.29 is 14.3 Å². The molecule has 1 saturated heterocycles. The lowest BCUT2D eigenvalue weighted by atomic mass is 10.0. The van der Waals surface area contributed by atoms with Gasteiger partial charge in [0.05, 0.1) is 25.7 Å². The molecule has 1 aliphatic carbocycles. The van der Waals surface area contributed by atoms with Gasteiger partial charge in [0.25, 0.3) is 0 Å². The van der Waals surface area contributed by atoms with Crippen molar-refractivity contribution in [2.75, 3.05) is 33.4 Å². The first-order valence-corrected chi connectivity index (χ1v) is 7.45. The number of esters is 1. The number of carbonyl (C=O) groups excluding carboxylic acids is 1. The lowest BCUT2D eigenvalue weighted by molar-refractivity contribution is -0.141. The summed E-state index contributed by atoms with van der Waals surface area (Å²) in [5.41, 5.74) is 0.170. The lowest BCUT2D eigenvalue weighted by Crippen LogP contribution is -2.38. The van der Waals surface area contributed by atoms with Crippen molar-refractivity contribution in [1.29, 1.82) is 5.26 Å². The van der Waals surface area contributed by atoms with E-state index in [0.29, 0.717) is 19.4 Å². The molecule has 0 N–H and O–H groups in total. The third-order valence-electron chi connectivity index (χ3n) is 4.32. The zero-order chi connectivity index (χ0) is 14.4. The minimum atomic E-state index is -0.174. The second kappa shape index (κ2) is 7.05. The molecule has 0 aromatic heterocycles. The van der Waals surface area contributed by atoms with Crippen LogP contribution in [0.2, 0.25) is 0 Å². The van der Waals surface area contributed by atoms with Crippen LogP contribution in [-0.2, 0) is 14.3 Å². The zero-order valence-electron chi connectivity index (χ0n) is 12.3. The first-order chi connectivity index (χ1) is 9.67. The number of methoxy groups -OCH3 is 1. The maximum atomic E-state index is 11.3. The second-order valence-electron chi connectivity index (χ2n) is 6.03. The van der Waals surface area contributed by atoms with E-state index in [1.54, 1.807) is 0 Å². The van der Waals surface area contributed by atoms with E-state index in [9.17, 15) is 4.79 Å². The van der Waals surface area contributed by atoms with Crippen LogP contribution in [0.5, 0.6) is 0 Å². The van der Waals surface area contributed by atoms with Gasteiger partial charge in [0.1, 0.15) is 0 Å². The fraction of sp³-hybridized carbons (Fsp3) is 0.867. The summed E-state index contributed by atoms with van der Waals surface area (Å²) in [6, 6.07) is 2.30. The number of hydrogen-bond acceptors (Lipinski definition) is 5. The summed E-state index contributed by atoms with van der Waals surface area (Å²) in [5.74, 6) is -0.174. The Morgan fingerprint density at radius 3 is 2.90 bits per heavy atom. The molecule has 112 valence electrons. The minimum Gasteiger partial charge on any atom is -0.469 e. The molecule has 0 spiro atoms. The third kappa shape index (κ3) is 4.46. The largest absolute Gasteiger partial charge is 0.469 e. The predicted molar refractivity (Wildman–Crippen MR) is 73.9 cm³/mol. The second-order valence-corrected chi connectivity index (χ2v) is 6.03. The molecule has 1 heterocycles. The Hall–Kier alpha value is -1.12. The molecule has 5 heteroatoms. The van der Waals surface area contributed by atoms with E-state index in [0.717, 1.165) is 45.4 Å². The van der Waals surface area contributed by atoms with E-state index < -0.39 is 0 Å². The van der Waals surface area contributed by atoms with Gasteiger partial charge >= 0.3 is 5.97 Å². The van der Waals surface area contributed by atoms with Gasteiger partial charge in [0.15, 0.2) is 0 Å². The smallest absolute Gasteiger partial charge is 0.306 e. The molecule has 1 aliphatic heterocycles. The van der Waals surface area contributed by atoms with Gasteiger partial charge in [-0.05, 0) is 31.1 Å². The predicted octanol–water partition coefficient (Wildman–Crippen LogP) is 1.72. The van der Waals surface area contributed by atoms with Gasteiger partial charge in [-0.1, -0.05) is 0 Å². The first-order valence-electron chi connectivity index (χ1n) is 7.45. The van der Waals surface area contributed by atoms with Crippen LogP contribution in [0.15, 0.2) is 0 Å². The Labute approximate surface area is 120 Å². The molecule has 0 radical (unpaired) electrons. The van der Waals surface area contributed by atoms with Crippen molar-refractivity contribution in [2.24, 2.45) is 5.41 Å². The van der Waals surface area contributed by atoms with Gasteiger partial charge < -0.3 is 9.47 Å². The van der Waals surface area contributed by atoms with Crippen LogP contribution in [0.4, 0.5) is 0 Å². The van der Waals surface area contributed by atoms with E-state index >= 15 is 0 Å². The molecule has 1 saturated carbocycles. The Morgan fingerprint density at radius 2 is 2.35 bits per heavy atom. The summed E-state index contributed by atoms with van der Waals surface area (Å²) in [6.07, 6.45) is 5.78. The van der Waals surface area contributed by atoms with Crippen LogP contribution in [0.3, 0.4) is 0 Å². The van der Waals surface area contributed by atoms with Crippen molar-refractivity contribution in [3.63, 3.8) is 0 Å². The van der Waals surface area contributed by atoms with Gasteiger partial charge in [0, 0.05) is 32.7 Å². The SMILES string of the molecule is COC(=O)CCN(CC1CCCO1)CC1(CC#N)CC1. The first kappa shape index (κ1) is 15.3. The summed E-state index contributed by atoms with van der Waals surface area (Å²) in [6.45, 7) is 3.31. The molecule has 5 nitrogen and oxygen atoms in total. The van der Waals surface area contributed by atoms with Gasteiger partial charge in [-0.3, -0.25) is 9.69 Å². The Kier molecular flexibility index (Phi) is 5.38. The van der Waals surface area contributed by atoms with Crippen molar-refractivity contribution in [3.05, 3.63) is 0 Å². The highest BCUT2D eigenvalue weighted by molar-refractivity contribution is 5.69. The van der Waals surface area contributed by atoms with E-state index in [4.69, 9.17) is 14.7 Å². The normalized spacial score (nSPS) is 23.6. The van der Waals surface area contributed by atoms with Crippen LogP contribution < -0.4 is 0 Å². The van der Waals surface area contributed by atoms with Gasteiger partial charge in [0.2, 0.25) is 0 Å². The molecule has 0 bridgehead atoms. The van der Waals surface area contributed by atoms with Crippen LogP contribution in [0.1, 0.15) is 38.5 Å². The van der Waals surface area contributed by atoms with Crippen molar-refractivity contribution in [1.82, 2.24) is 4.90 Å². The van der Waals surface area contributed by atoms with Crippen LogP contribution >= 0.6 is 0 Å². The fourth-order valence-corrected chi connectivity index (χ4v) is 2.87. The van der Waals surface area contributed by atoms with E-state index in [2.05, 4.69) is 11.0 Å². The minimum absolute atomic E-state index is 0.170. The standard InChI is InChI=1S/C15H24N2O3/c1-19-14(18)4-9-17(11-13-3-2-10-20-13)12-15(5-6-15)7-8-16/h13H,2-7,9-12H2,1H3. The van der Waals surface area contributed by atoms with E-state index in [1.165, 1.54) is 7.11 Å². The third-order valence-corrected chi connectivity index (χ3v) is 4.32. The number of carbonyl (C=O) groups is 1. The quantitative estimate of drug-likeness (QED) is 0.634. The van der Waals surface area contributed by atoms with Gasteiger partial charge in [-0.15, -0.1) is 0 Å². The number of rotatable bonds is 8. The van der Waals surface area contributed by atoms with E-state index in [-0.39, 0.29) is 17.5 Å². The van der Waals surface area contributed by atoms with Crippen LogP contribution in [0, 0.1) is 16.7 Å². The number of ether oxygens (including phenoxy) is 2. The molecular weight excluding hydrogens is 256 g/mol. The average Bonchev–Trinajstić information content (AvgIpc) is 2.99. The van der Waals surface area contributed by atoms with Crippen LogP contribution in [0.25, 0.3) is 0 Å². The number of nitrogens with zero attached hydrogens (tertiary/aromatic N) is 2. The molecular formula is C15H24N2O3. The Morgan fingerprint density at radius 1 is 1.55 bits per heavy atom. The molecule has 0 aromatic rings. The molecule has 1 unspecified atom stereocenters. The summed E-state index contributed by atoms with van der Waals surface area (Å²) in [5, 5.41) is 8.93. The molecule has 2 aliphatic rings. The molecule has 0 amide bonds. The number of nitriles is 1.